The summed E-state index contributed by atoms with van der Waals surface area (Å²) < 4.78 is 38.8. The van der Waals surface area contributed by atoms with E-state index in [-0.39, 0.29) is 11.4 Å². The number of aromatic nitrogens is 1. The van der Waals surface area contributed by atoms with Crippen LogP contribution in [0, 0.1) is 0 Å². The molecule has 0 radical (unpaired) electrons. The zero-order valence-electron chi connectivity index (χ0n) is 13.8. The first-order valence-corrected chi connectivity index (χ1v) is 8.61. The summed E-state index contributed by atoms with van der Waals surface area (Å²) in [5, 5.41) is 2.03. The molecule has 1 aliphatic rings. The largest absolute Gasteiger partial charge is 0.417 e. The second-order valence-corrected chi connectivity index (χ2v) is 6.50. The van der Waals surface area contributed by atoms with Gasteiger partial charge in [0.2, 0.25) is 0 Å². The van der Waals surface area contributed by atoms with Crippen LogP contribution in [0.25, 0.3) is 0 Å². The smallest absolute Gasteiger partial charge is 0.371 e. The maximum absolute atomic E-state index is 12.9. The van der Waals surface area contributed by atoms with Crippen molar-refractivity contribution in [2.45, 2.75) is 25.4 Å². The summed E-state index contributed by atoms with van der Waals surface area (Å²) in [5.41, 5.74) is 0.0532. The molecule has 0 aliphatic carbocycles. The SMILES string of the molecule is O=C(Nc1ccc(Cl)c(C(F)(F)F)c1)c1cc(N2CCCCC2)ccn1. The van der Waals surface area contributed by atoms with Crippen LogP contribution in [0.15, 0.2) is 36.5 Å². The van der Waals surface area contributed by atoms with Gasteiger partial charge in [0.05, 0.1) is 10.6 Å². The highest BCUT2D eigenvalue weighted by molar-refractivity contribution is 6.31. The summed E-state index contributed by atoms with van der Waals surface area (Å²) in [5.74, 6) is -0.570. The van der Waals surface area contributed by atoms with Gasteiger partial charge >= 0.3 is 6.18 Å². The lowest BCUT2D eigenvalue weighted by Crippen LogP contribution is -2.29. The molecule has 1 saturated heterocycles. The predicted molar refractivity (Wildman–Crippen MR) is 94.7 cm³/mol. The number of benzene rings is 1. The molecule has 1 N–H and O–H groups in total. The molecule has 8 heteroatoms. The van der Waals surface area contributed by atoms with Gasteiger partial charge in [0.15, 0.2) is 0 Å². The van der Waals surface area contributed by atoms with E-state index in [0.29, 0.717) is 0 Å². The predicted octanol–water partition coefficient (Wildman–Crippen LogP) is 5.00. The van der Waals surface area contributed by atoms with Crippen molar-refractivity contribution in [2.75, 3.05) is 23.3 Å². The Morgan fingerprint density at radius 2 is 1.85 bits per heavy atom. The molecular formula is C18H17ClF3N3O. The van der Waals surface area contributed by atoms with Gasteiger partial charge in [0, 0.05) is 30.7 Å². The van der Waals surface area contributed by atoms with Crippen molar-refractivity contribution in [1.82, 2.24) is 4.98 Å². The zero-order valence-corrected chi connectivity index (χ0v) is 14.6. The number of anilines is 2. The average molecular weight is 384 g/mol. The molecule has 0 unspecified atom stereocenters. The van der Waals surface area contributed by atoms with Gasteiger partial charge in [-0.05, 0) is 49.6 Å². The molecule has 1 fully saturated rings. The van der Waals surface area contributed by atoms with Crippen LogP contribution in [0.3, 0.4) is 0 Å². The van der Waals surface area contributed by atoms with E-state index < -0.39 is 22.7 Å². The van der Waals surface area contributed by atoms with Crippen LogP contribution >= 0.6 is 11.6 Å². The Balaban J connectivity index is 1.78. The van der Waals surface area contributed by atoms with Crippen LogP contribution in [0.4, 0.5) is 24.5 Å². The highest BCUT2D eigenvalue weighted by atomic mass is 35.5. The molecule has 1 aliphatic heterocycles. The minimum absolute atomic E-state index is 0.0110. The van der Waals surface area contributed by atoms with E-state index in [1.54, 1.807) is 6.07 Å². The van der Waals surface area contributed by atoms with Crippen molar-refractivity contribution >= 4 is 28.9 Å². The Hall–Kier alpha value is -2.28. The van der Waals surface area contributed by atoms with Gasteiger partial charge in [-0.2, -0.15) is 13.2 Å². The topological polar surface area (TPSA) is 45.2 Å². The molecular weight excluding hydrogens is 367 g/mol. The molecule has 0 spiro atoms. The van der Waals surface area contributed by atoms with Gasteiger partial charge < -0.3 is 10.2 Å². The minimum Gasteiger partial charge on any atom is -0.371 e. The number of rotatable bonds is 3. The summed E-state index contributed by atoms with van der Waals surface area (Å²) in [6, 6.07) is 6.73. The van der Waals surface area contributed by atoms with E-state index in [1.165, 1.54) is 18.7 Å². The molecule has 2 aromatic rings. The fraction of sp³-hybridized carbons (Fsp3) is 0.333. The number of hydrogen-bond acceptors (Lipinski definition) is 3. The van der Waals surface area contributed by atoms with Crippen LogP contribution in [-0.4, -0.2) is 24.0 Å². The second kappa shape index (κ2) is 7.53. The third kappa shape index (κ3) is 4.27. The Morgan fingerprint density at radius 1 is 1.12 bits per heavy atom. The summed E-state index contributed by atoms with van der Waals surface area (Å²) in [7, 11) is 0. The van der Waals surface area contributed by atoms with Crippen LogP contribution in [-0.2, 0) is 6.18 Å². The summed E-state index contributed by atoms with van der Waals surface area (Å²) in [6.45, 7) is 1.83. The Kier molecular flexibility index (Phi) is 5.36. The average Bonchev–Trinajstić information content (AvgIpc) is 2.63. The lowest BCUT2D eigenvalue weighted by Gasteiger charge is -2.28. The normalized spacial score (nSPS) is 15.0. The fourth-order valence-electron chi connectivity index (χ4n) is 2.91. The Morgan fingerprint density at radius 3 is 2.54 bits per heavy atom. The molecule has 1 aromatic carbocycles. The zero-order chi connectivity index (χ0) is 18.7. The van der Waals surface area contributed by atoms with Gasteiger partial charge in [-0.15, -0.1) is 0 Å². The van der Waals surface area contributed by atoms with Gasteiger partial charge in [-0.25, -0.2) is 0 Å². The molecule has 0 bridgehead atoms. The molecule has 0 saturated carbocycles. The van der Waals surface area contributed by atoms with E-state index in [0.717, 1.165) is 43.8 Å². The van der Waals surface area contributed by atoms with Gasteiger partial charge in [-0.3, -0.25) is 9.78 Å². The monoisotopic (exact) mass is 383 g/mol. The van der Waals surface area contributed by atoms with Crippen LogP contribution in [0.2, 0.25) is 5.02 Å². The molecule has 138 valence electrons. The van der Waals surface area contributed by atoms with Crippen LogP contribution < -0.4 is 10.2 Å². The molecule has 4 nitrogen and oxygen atoms in total. The first-order chi connectivity index (χ1) is 12.3. The number of carbonyl (C=O) groups excluding carboxylic acids is 1. The molecule has 26 heavy (non-hydrogen) atoms. The van der Waals surface area contributed by atoms with Crippen molar-refractivity contribution in [3.8, 4) is 0 Å². The molecule has 3 rings (SSSR count). The van der Waals surface area contributed by atoms with E-state index in [1.807, 2.05) is 6.07 Å². The quantitative estimate of drug-likeness (QED) is 0.811. The van der Waals surface area contributed by atoms with Crippen molar-refractivity contribution in [3.05, 3.63) is 52.8 Å². The number of hydrogen-bond donors (Lipinski definition) is 1. The minimum atomic E-state index is -4.59. The summed E-state index contributed by atoms with van der Waals surface area (Å²) >= 11 is 5.59. The first-order valence-electron chi connectivity index (χ1n) is 8.24. The highest BCUT2D eigenvalue weighted by Crippen LogP contribution is 2.36. The third-order valence-electron chi connectivity index (χ3n) is 4.23. The van der Waals surface area contributed by atoms with Gasteiger partial charge in [0.1, 0.15) is 5.69 Å². The number of carbonyl (C=O) groups is 1. The molecule has 1 amide bonds. The number of alkyl halides is 3. The Labute approximate surface area is 154 Å². The standard InChI is InChI=1S/C18H17ClF3N3O/c19-15-5-4-12(10-14(15)18(20,21)22)24-17(26)16-11-13(6-7-23-16)25-8-2-1-3-9-25/h4-7,10-11H,1-3,8-9H2,(H,24,26). The van der Waals surface area contributed by atoms with Crippen molar-refractivity contribution in [3.63, 3.8) is 0 Å². The number of pyridine rings is 1. The first kappa shape index (κ1) is 18.5. The third-order valence-corrected chi connectivity index (χ3v) is 4.56. The van der Waals surface area contributed by atoms with Crippen LogP contribution in [0.1, 0.15) is 35.3 Å². The van der Waals surface area contributed by atoms with E-state index in [2.05, 4.69) is 15.2 Å². The van der Waals surface area contributed by atoms with Crippen molar-refractivity contribution < 1.29 is 18.0 Å². The second-order valence-electron chi connectivity index (χ2n) is 6.09. The van der Waals surface area contributed by atoms with Crippen molar-refractivity contribution in [1.29, 1.82) is 0 Å². The van der Waals surface area contributed by atoms with E-state index >= 15 is 0 Å². The maximum Gasteiger partial charge on any atom is 0.417 e. The molecule has 2 heterocycles. The lowest BCUT2D eigenvalue weighted by molar-refractivity contribution is -0.137. The number of halogens is 4. The van der Waals surface area contributed by atoms with E-state index in [9.17, 15) is 18.0 Å². The van der Waals surface area contributed by atoms with Crippen LogP contribution in [0.5, 0.6) is 0 Å². The fourth-order valence-corrected chi connectivity index (χ4v) is 3.13. The summed E-state index contributed by atoms with van der Waals surface area (Å²) in [6.07, 6.45) is 0.308. The maximum atomic E-state index is 12.9. The van der Waals surface area contributed by atoms with E-state index in [4.69, 9.17) is 11.6 Å². The lowest BCUT2D eigenvalue weighted by atomic mass is 10.1. The number of amides is 1. The Bertz CT molecular complexity index is 805. The molecule has 0 atom stereocenters. The number of piperidine rings is 1. The van der Waals surface area contributed by atoms with Gasteiger partial charge in [-0.1, -0.05) is 11.6 Å². The number of nitrogens with one attached hydrogen (secondary N) is 1. The number of nitrogens with zero attached hydrogens (tertiary/aromatic N) is 2. The highest BCUT2D eigenvalue weighted by Gasteiger charge is 2.33. The summed E-state index contributed by atoms with van der Waals surface area (Å²) in [4.78, 5) is 18.6. The van der Waals surface area contributed by atoms with Crippen molar-refractivity contribution in [2.24, 2.45) is 0 Å². The van der Waals surface area contributed by atoms with Gasteiger partial charge in [0.25, 0.3) is 5.91 Å². The molecule has 1 aromatic heterocycles.